The van der Waals surface area contributed by atoms with Crippen LogP contribution in [-0.2, 0) is 16.1 Å². The third kappa shape index (κ3) is 3.38. The number of fused-ring (bicyclic) bond motifs is 3. The van der Waals surface area contributed by atoms with Gasteiger partial charge in [-0.2, -0.15) is 5.10 Å². The lowest BCUT2D eigenvalue weighted by Gasteiger charge is -2.15. The lowest BCUT2D eigenvalue weighted by atomic mass is 9.98. The monoisotopic (exact) mass is 441 g/mol. The van der Waals surface area contributed by atoms with Crippen LogP contribution in [-0.4, -0.2) is 33.6 Å². The highest BCUT2D eigenvalue weighted by atomic mass is 79.9. The molecule has 2 aromatic carbocycles. The molecule has 0 radical (unpaired) electrons. The van der Waals surface area contributed by atoms with Gasteiger partial charge in [0.2, 0.25) is 0 Å². The quantitative estimate of drug-likeness (QED) is 0.621. The Morgan fingerprint density at radius 3 is 2.32 bits per heavy atom. The van der Waals surface area contributed by atoms with E-state index in [0.29, 0.717) is 4.47 Å². The van der Waals surface area contributed by atoms with Crippen LogP contribution in [0.2, 0.25) is 0 Å². The van der Waals surface area contributed by atoms with Gasteiger partial charge in [0.25, 0.3) is 0 Å². The van der Waals surface area contributed by atoms with E-state index in [-0.39, 0.29) is 24.9 Å². The number of amides is 1. The van der Waals surface area contributed by atoms with Crippen molar-refractivity contribution < 1.29 is 19.4 Å². The first-order valence-corrected chi connectivity index (χ1v) is 9.39. The Morgan fingerprint density at radius 2 is 1.71 bits per heavy atom. The number of hydrogen-bond acceptors (Lipinski definition) is 4. The van der Waals surface area contributed by atoms with E-state index >= 15 is 0 Å². The number of benzene rings is 2. The zero-order chi connectivity index (χ0) is 19.7. The number of carbonyl (C=O) groups excluding carboxylic acids is 1. The second kappa shape index (κ2) is 7.47. The fraction of sp³-hybridized carbons (Fsp3) is 0.150. The average molecular weight is 442 g/mol. The molecule has 2 N–H and O–H groups in total. The Hall–Kier alpha value is -3.13. The first kappa shape index (κ1) is 18.2. The summed E-state index contributed by atoms with van der Waals surface area (Å²) < 4.78 is 7.12. The molecule has 0 spiro atoms. The Balaban J connectivity index is 1.49. The maximum Gasteiger partial charge on any atom is 0.412 e. The van der Waals surface area contributed by atoms with E-state index in [0.717, 1.165) is 22.3 Å². The van der Waals surface area contributed by atoms with Crippen LogP contribution in [0.15, 0.2) is 59.2 Å². The first-order valence-electron chi connectivity index (χ1n) is 8.59. The van der Waals surface area contributed by atoms with E-state index in [1.54, 1.807) is 0 Å². The predicted molar refractivity (Wildman–Crippen MR) is 106 cm³/mol. The van der Waals surface area contributed by atoms with Crippen molar-refractivity contribution in [1.82, 2.24) is 9.78 Å². The SMILES string of the molecule is O=C(O)Cn1ncc(Br)c1NC(=O)OCC1c2ccccc2-c2ccccc21. The molecule has 0 saturated carbocycles. The molecule has 0 aliphatic heterocycles. The summed E-state index contributed by atoms with van der Waals surface area (Å²) in [4.78, 5) is 23.3. The van der Waals surface area contributed by atoms with Gasteiger partial charge in [0.05, 0.1) is 10.7 Å². The molecule has 3 aromatic rings. The van der Waals surface area contributed by atoms with E-state index in [4.69, 9.17) is 9.84 Å². The number of aromatic nitrogens is 2. The fourth-order valence-corrected chi connectivity index (χ4v) is 3.86. The van der Waals surface area contributed by atoms with Crippen LogP contribution in [0.3, 0.4) is 0 Å². The smallest absolute Gasteiger partial charge is 0.412 e. The number of hydrogen-bond donors (Lipinski definition) is 2. The number of ether oxygens (including phenoxy) is 1. The normalized spacial score (nSPS) is 12.3. The summed E-state index contributed by atoms with van der Waals surface area (Å²) in [6.45, 7) is -0.199. The third-order valence-corrected chi connectivity index (χ3v) is 5.22. The Kier molecular flexibility index (Phi) is 4.87. The fourth-order valence-electron chi connectivity index (χ4n) is 3.47. The molecule has 0 saturated heterocycles. The van der Waals surface area contributed by atoms with Crippen LogP contribution in [0.5, 0.6) is 0 Å². The predicted octanol–water partition coefficient (Wildman–Crippen LogP) is 4.09. The van der Waals surface area contributed by atoms with Gasteiger partial charge >= 0.3 is 12.1 Å². The summed E-state index contributed by atoms with van der Waals surface area (Å²) in [6, 6.07) is 16.1. The van der Waals surface area contributed by atoms with Crippen molar-refractivity contribution in [2.24, 2.45) is 0 Å². The second-order valence-corrected chi connectivity index (χ2v) is 7.20. The van der Waals surface area contributed by atoms with Crippen LogP contribution in [0, 0.1) is 0 Å². The average Bonchev–Trinajstić information content (AvgIpc) is 3.18. The molecule has 0 bridgehead atoms. The molecule has 28 heavy (non-hydrogen) atoms. The van der Waals surface area contributed by atoms with E-state index < -0.39 is 12.1 Å². The minimum atomic E-state index is -1.06. The van der Waals surface area contributed by atoms with Gasteiger partial charge in [0, 0.05) is 5.92 Å². The maximum atomic E-state index is 12.3. The summed E-state index contributed by atoms with van der Waals surface area (Å²) in [7, 11) is 0. The number of carboxylic acids is 1. The van der Waals surface area contributed by atoms with Crippen molar-refractivity contribution in [3.05, 3.63) is 70.3 Å². The largest absolute Gasteiger partial charge is 0.480 e. The van der Waals surface area contributed by atoms with Gasteiger partial charge < -0.3 is 9.84 Å². The number of carbonyl (C=O) groups is 2. The van der Waals surface area contributed by atoms with Crippen molar-refractivity contribution >= 4 is 33.8 Å². The van der Waals surface area contributed by atoms with E-state index in [9.17, 15) is 9.59 Å². The molecular weight excluding hydrogens is 426 g/mol. The molecule has 1 heterocycles. The molecular formula is C20H16BrN3O4. The minimum absolute atomic E-state index is 0.0504. The number of rotatable bonds is 5. The van der Waals surface area contributed by atoms with Gasteiger partial charge in [-0.15, -0.1) is 0 Å². The van der Waals surface area contributed by atoms with Crippen LogP contribution in [0.4, 0.5) is 10.6 Å². The molecule has 1 amide bonds. The van der Waals surface area contributed by atoms with Gasteiger partial charge in [-0.3, -0.25) is 10.1 Å². The van der Waals surface area contributed by atoms with E-state index in [1.807, 2.05) is 36.4 Å². The number of nitrogens with one attached hydrogen (secondary N) is 1. The molecule has 1 aliphatic rings. The summed E-state index contributed by atoms with van der Waals surface area (Å²) in [5, 5.41) is 15.4. The molecule has 0 unspecified atom stereocenters. The Bertz CT molecular complexity index is 1020. The Labute approximate surface area is 169 Å². The van der Waals surface area contributed by atoms with Gasteiger partial charge in [0.15, 0.2) is 0 Å². The standard InChI is InChI=1S/C20H16BrN3O4/c21-17-9-22-24(10-18(25)26)19(17)23-20(27)28-11-16-14-7-3-1-5-12(14)13-6-2-4-8-15(13)16/h1-9,16H,10-11H2,(H,23,27)(H,25,26). The first-order chi connectivity index (χ1) is 13.5. The summed E-state index contributed by atoms with van der Waals surface area (Å²) in [6.07, 6.45) is 0.747. The van der Waals surface area contributed by atoms with Crippen molar-refractivity contribution in [2.75, 3.05) is 11.9 Å². The molecule has 1 aliphatic carbocycles. The summed E-state index contributed by atoms with van der Waals surface area (Å²) in [5.41, 5.74) is 4.53. The topological polar surface area (TPSA) is 93.5 Å². The lowest BCUT2D eigenvalue weighted by Crippen LogP contribution is -2.21. The van der Waals surface area contributed by atoms with E-state index in [1.165, 1.54) is 10.9 Å². The van der Waals surface area contributed by atoms with Gasteiger partial charge in [-0.25, -0.2) is 9.48 Å². The molecule has 8 heteroatoms. The van der Waals surface area contributed by atoms with Gasteiger partial charge in [0.1, 0.15) is 19.0 Å². The lowest BCUT2D eigenvalue weighted by molar-refractivity contribution is -0.137. The van der Waals surface area contributed by atoms with Crippen LogP contribution < -0.4 is 5.32 Å². The van der Waals surface area contributed by atoms with Crippen LogP contribution >= 0.6 is 15.9 Å². The number of carboxylic acid groups (broad SMARTS) is 1. The molecule has 142 valence electrons. The minimum Gasteiger partial charge on any atom is -0.480 e. The molecule has 7 nitrogen and oxygen atoms in total. The van der Waals surface area contributed by atoms with Crippen molar-refractivity contribution in [3.63, 3.8) is 0 Å². The van der Waals surface area contributed by atoms with Crippen molar-refractivity contribution in [3.8, 4) is 11.1 Å². The van der Waals surface area contributed by atoms with E-state index in [2.05, 4.69) is 38.5 Å². The number of aliphatic carboxylic acids is 1. The zero-order valence-corrected chi connectivity index (χ0v) is 16.2. The highest BCUT2D eigenvalue weighted by molar-refractivity contribution is 9.10. The summed E-state index contributed by atoms with van der Waals surface area (Å²) >= 11 is 3.25. The zero-order valence-electron chi connectivity index (χ0n) is 14.6. The molecule has 0 atom stereocenters. The molecule has 1 aromatic heterocycles. The number of nitrogens with zero attached hydrogens (tertiary/aromatic N) is 2. The third-order valence-electron chi connectivity index (χ3n) is 4.64. The van der Waals surface area contributed by atoms with Crippen molar-refractivity contribution in [2.45, 2.75) is 12.5 Å². The van der Waals surface area contributed by atoms with Gasteiger partial charge in [-0.1, -0.05) is 48.5 Å². The Morgan fingerprint density at radius 1 is 1.11 bits per heavy atom. The maximum absolute atomic E-state index is 12.3. The molecule has 4 rings (SSSR count). The second-order valence-electron chi connectivity index (χ2n) is 6.34. The highest BCUT2D eigenvalue weighted by Gasteiger charge is 2.29. The summed E-state index contributed by atoms with van der Waals surface area (Å²) in [5.74, 6) is -0.878. The van der Waals surface area contributed by atoms with Crippen LogP contribution in [0.25, 0.3) is 11.1 Å². The molecule has 0 fully saturated rings. The highest BCUT2D eigenvalue weighted by Crippen LogP contribution is 2.44. The van der Waals surface area contributed by atoms with Crippen LogP contribution in [0.1, 0.15) is 17.0 Å². The number of halogens is 1. The van der Waals surface area contributed by atoms with Gasteiger partial charge in [-0.05, 0) is 38.2 Å². The van der Waals surface area contributed by atoms with Crippen molar-refractivity contribution in [1.29, 1.82) is 0 Å². The number of anilines is 1.